The van der Waals surface area contributed by atoms with Gasteiger partial charge in [-0.05, 0) is 32.1 Å². The smallest absolute Gasteiger partial charge is 0.318 e. The number of nitrogens with zero attached hydrogens (tertiary/aromatic N) is 1. The molecule has 0 aromatic carbocycles. The van der Waals surface area contributed by atoms with Gasteiger partial charge < -0.3 is 15.3 Å². The Bertz CT molecular complexity index is 385. The zero-order valence-electron chi connectivity index (χ0n) is 11.6. The molecule has 1 aliphatic rings. The van der Waals surface area contributed by atoms with Crippen LogP contribution in [-0.2, 0) is 4.79 Å². The second kappa shape index (κ2) is 6.46. The molecule has 19 heavy (non-hydrogen) atoms. The van der Waals surface area contributed by atoms with Crippen LogP contribution in [0, 0.1) is 23.7 Å². The van der Waals surface area contributed by atoms with Crippen molar-refractivity contribution in [3.05, 3.63) is 0 Å². The summed E-state index contributed by atoms with van der Waals surface area (Å²) < 4.78 is 0. The van der Waals surface area contributed by atoms with Crippen LogP contribution in [-0.4, -0.2) is 41.6 Å². The zero-order valence-corrected chi connectivity index (χ0v) is 11.6. The molecule has 0 bridgehead atoms. The van der Waals surface area contributed by atoms with Crippen molar-refractivity contribution in [3.63, 3.8) is 0 Å². The standard InChI is InChI=1S/C14H22N2O3/c1-4-8-16(9-11-6-7-11)13(19)15-10-14(3,5-2)12(17)18/h1,11H,5-10H2,2-3H3,(H,15,19)(H,17,18). The quantitative estimate of drug-likeness (QED) is 0.687. The number of terminal acetylenes is 1. The molecule has 1 rings (SSSR count). The predicted molar refractivity (Wildman–Crippen MR) is 72.6 cm³/mol. The summed E-state index contributed by atoms with van der Waals surface area (Å²) in [6.07, 6.45) is 7.98. The van der Waals surface area contributed by atoms with Gasteiger partial charge in [0.1, 0.15) is 0 Å². The normalized spacial score (nSPS) is 17.1. The Hall–Kier alpha value is -1.70. The lowest BCUT2D eigenvalue weighted by Crippen LogP contribution is -2.47. The first-order chi connectivity index (χ1) is 8.92. The molecule has 2 amide bonds. The molecule has 5 nitrogen and oxygen atoms in total. The van der Waals surface area contributed by atoms with Crippen molar-refractivity contribution < 1.29 is 14.7 Å². The first kappa shape index (κ1) is 15.4. The molecular formula is C14H22N2O3. The molecule has 1 atom stereocenters. The number of carboxylic acids is 1. The lowest BCUT2D eigenvalue weighted by atomic mass is 9.88. The monoisotopic (exact) mass is 266 g/mol. The van der Waals surface area contributed by atoms with E-state index in [1.807, 2.05) is 0 Å². The Morgan fingerprint density at radius 1 is 1.53 bits per heavy atom. The van der Waals surface area contributed by atoms with Crippen LogP contribution in [0.4, 0.5) is 4.79 Å². The van der Waals surface area contributed by atoms with Gasteiger partial charge in [0.25, 0.3) is 0 Å². The van der Waals surface area contributed by atoms with Gasteiger partial charge in [0.2, 0.25) is 0 Å². The van der Waals surface area contributed by atoms with Crippen molar-refractivity contribution in [3.8, 4) is 12.3 Å². The van der Waals surface area contributed by atoms with Crippen LogP contribution in [0.5, 0.6) is 0 Å². The van der Waals surface area contributed by atoms with Crippen LogP contribution in [0.1, 0.15) is 33.1 Å². The molecule has 0 aromatic rings. The minimum absolute atomic E-state index is 0.114. The molecule has 2 N–H and O–H groups in total. The molecule has 0 saturated heterocycles. The Morgan fingerprint density at radius 3 is 2.58 bits per heavy atom. The fourth-order valence-corrected chi connectivity index (χ4v) is 1.68. The van der Waals surface area contributed by atoms with E-state index in [0.717, 1.165) is 12.8 Å². The van der Waals surface area contributed by atoms with E-state index in [9.17, 15) is 9.59 Å². The zero-order chi connectivity index (χ0) is 14.5. The molecule has 0 radical (unpaired) electrons. The predicted octanol–water partition coefficient (Wildman–Crippen LogP) is 1.54. The molecule has 1 unspecified atom stereocenters. The third-order valence-corrected chi connectivity index (χ3v) is 3.67. The Kier molecular flexibility index (Phi) is 5.22. The van der Waals surface area contributed by atoms with E-state index < -0.39 is 11.4 Å². The highest BCUT2D eigenvalue weighted by atomic mass is 16.4. The lowest BCUT2D eigenvalue weighted by molar-refractivity contribution is -0.147. The summed E-state index contributed by atoms with van der Waals surface area (Å²) in [4.78, 5) is 24.7. The van der Waals surface area contributed by atoms with E-state index in [1.165, 1.54) is 0 Å². The van der Waals surface area contributed by atoms with Crippen molar-refractivity contribution in [2.75, 3.05) is 19.6 Å². The number of carbonyl (C=O) groups excluding carboxylic acids is 1. The molecule has 0 aliphatic heterocycles. The first-order valence-electron chi connectivity index (χ1n) is 6.62. The number of aliphatic carboxylic acids is 1. The number of hydrogen-bond acceptors (Lipinski definition) is 2. The van der Waals surface area contributed by atoms with Gasteiger partial charge >= 0.3 is 12.0 Å². The molecule has 1 saturated carbocycles. The number of hydrogen-bond donors (Lipinski definition) is 2. The number of nitrogens with one attached hydrogen (secondary N) is 1. The van der Waals surface area contributed by atoms with Crippen LogP contribution in [0.2, 0.25) is 0 Å². The molecule has 5 heteroatoms. The van der Waals surface area contributed by atoms with E-state index in [4.69, 9.17) is 11.5 Å². The summed E-state index contributed by atoms with van der Waals surface area (Å²) in [5.74, 6) is 2.11. The van der Waals surface area contributed by atoms with Crippen LogP contribution >= 0.6 is 0 Å². The SMILES string of the molecule is C#CCN(CC1CC1)C(=O)NCC(C)(CC)C(=O)O. The number of carboxylic acid groups (broad SMARTS) is 1. The average Bonchev–Trinajstić information content (AvgIpc) is 3.18. The van der Waals surface area contributed by atoms with Gasteiger partial charge in [0, 0.05) is 13.1 Å². The molecule has 106 valence electrons. The average molecular weight is 266 g/mol. The Labute approximate surface area is 114 Å². The van der Waals surface area contributed by atoms with Gasteiger partial charge in [-0.1, -0.05) is 12.8 Å². The Balaban J connectivity index is 2.51. The lowest BCUT2D eigenvalue weighted by Gasteiger charge is -2.26. The van der Waals surface area contributed by atoms with Gasteiger partial charge in [-0.2, -0.15) is 0 Å². The first-order valence-corrected chi connectivity index (χ1v) is 6.62. The van der Waals surface area contributed by atoms with E-state index in [0.29, 0.717) is 18.9 Å². The second-order valence-electron chi connectivity index (χ2n) is 5.41. The van der Waals surface area contributed by atoms with E-state index >= 15 is 0 Å². The number of carbonyl (C=O) groups is 2. The summed E-state index contributed by atoms with van der Waals surface area (Å²) in [5, 5.41) is 11.8. The van der Waals surface area contributed by atoms with Crippen LogP contribution in [0.3, 0.4) is 0 Å². The summed E-state index contributed by atoms with van der Waals surface area (Å²) in [6, 6.07) is -0.272. The minimum atomic E-state index is -0.933. The van der Waals surface area contributed by atoms with Gasteiger partial charge in [-0.3, -0.25) is 4.79 Å². The third-order valence-electron chi connectivity index (χ3n) is 3.67. The van der Waals surface area contributed by atoms with Crippen LogP contribution in [0.25, 0.3) is 0 Å². The van der Waals surface area contributed by atoms with Gasteiger partial charge in [0.05, 0.1) is 12.0 Å². The highest BCUT2D eigenvalue weighted by molar-refractivity contribution is 5.78. The van der Waals surface area contributed by atoms with Crippen LogP contribution < -0.4 is 5.32 Å². The van der Waals surface area contributed by atoms with Gasteiger partial charge in [-0.25, -0.2) is 4.79 Å². The van der Waals surface area contributed by atoms with E-state index in [2.05, 4.69) is 11.2 Å². The summed E-state index contributed by atoms with van der Waals surface area (Å²) in [7, 11) is 0. The van der Waals surface area contributed by atoms with Crippen molar-refractivity contribution in [1.82, 2.24) is 10.2 Å². The summed E-state index contributed by atoms with van der Waals surface area (Å²) in [5.41, 5.74) is -0.933. The highest BCUT2D eigenvalue weighted by Crippen LogP contribution is 2.29. The van der Waals surface area contributed by atoms with Crippen molar-refractivity contribution in [2.24, 2.45) is 11.3 Å². The molecule has 0 heterocycles. The third kappa shape index (κ3) is 4.47. The van der Waals surface area contributed by atoms with Gasteiger partial charge in [0.15, 0.2) is 0 Å². The number of rotatable bonds is 7. The summed E-state index contributed by atoms with van der Waals surface area (Å²) >= 11 is 0. The van der Waals surface area contributed by atoms with Crippen molar-refractivity contribution >= 4 is 12.0 Å². The molecular weight excluding hydrogens is 244 g/mol. The van der Waals surface area contributed by atoms with E-state index in [1.54, 1.807) is 18.7 Å². The largest absolute Gasteiger partial charge is 0.481 e. The second-order valence-corrected chi connectivity index (χ2v) is 5.41. The maximum Gasteiger partial charge on any atom is 0.318 e. The minimum Gasteiger partial charge on any atom is -0.481 e. The van der Waals surface area contributed by atoms with E-state index in [-0.39, 0.29) is 19.1 Å². The molecule has 1 fully saturated rings. The summed E-state index contributed by atoms with van der Waals surface area (Å²) in [6.45, 7) is 4.46. The Morgan fingerprint density at radius 2 is 2.16 bits per heavy atom. The fourth-order valence-electron chi connectivity index (χ4n) is 1.68. The molecule has 0 spiro atoms. The van der Waals surface area contributed by atoms with Crippen LogP contribution in [0.15, 0.2) is 0 Å². The number of amides is 2. The van der Waals surface area contributed by atoms with Crippen molar-refractivity contribution in [2.45, 2.75) is 33.1 Å². The maximum atomic E-state index is 12.0. The maximum absolute atomic E-state index is 12.0. The highest BCUT2D eigenvalue weighted by Gasteiger charge is 2.32. The fraction of sp³-hybridized carbons (Fsp3) is 0.714. The molecule has 0 aromatic heterocycles. The van der Waals surface area contributed by atoms with Gasteiger partial charge in [-0.15, -0.1) is 6.42 Å². The van der Waals surface area contributed by atoms with Crippen molar-refractivity contribution in [1.29, 1.82) is 0 Å². The topological polar surface area (TPSA) is 69.6 Å². The molecule has 1 aliphatic carbocycles. The number of urea groups is 1.